The van der Waals surface area contributed by atoms with Gasteiger partial charge in [0, 0.05) is 23.1 Å². The smallest absolute Gasteiger partial charge is 0.338 e. The number of nitrogens with zero attached hydrogens (tertiary/aromatic N) is 4. The Morgan fingerprint density at radius 3 is 2.87 bits per heavy atom. The highest BCUT2D eigenvalue weighted by Crippen LogP contribution is 2.40. The van der Waals surface area contributed by atoms with E-state index >= 15 is 0 Å². The molecular weight excluding hydrogens is 475 g/mol. The van der Waals surface area contributed by atoms with Crippen LogP contribution in [0.3, 0.4) is 0 Å². The van der Waals surface area contributed by atoms with Gasteiger partial charge in [0.25, 0.3) is 0 Å². The fourth-order valence-corrected chi connectivity index (χ4v) is 4.70. The predicted octanol–water partition coefficient (Wildman–Crippen LogP) is 3.14. The van der Waals surface area contributed by atoms with E-state index in [1.165, 1.54) is 23.5 Å². The van der Waals surface area contributed by atoms with E-state index in [0.717, 1.165) is 0 Å². The van der Waals surface area contributed by atoms with Crippen molar-refractivity contribution >= 4 is 45.0 Å². The number of likely N-dealkylation sites (N-methyl/N-ethyl adjacent to an activating group) is 1. The van der Waals surface area contributed by atoms with Gasteiger partial charge >= 0.3 is 5.97 Å². The largest absolute Gasteiger partial charge is 0.463 e. The minimum atomic E-state index is -0.731. The molecule has 1 saturated heterocycles. The summed E-state index contributed by atoms with van der Waals surface area (Å²) in [5, 5.41) is 2.46. The van der Waals surface area contributed by atoms with E-state index in [4.69, 9.17) is 9.73 Å². The van der Waals surface area contributed by atoms with Crippen molar-refractivity contribution in [3.05, 3.63) is 61.9 Å². The van der Waals surface area contributed by atoms with E-state index in [0.29, 0.717) is 32.1 Å². The first kappa shape index (κ1) is 20.7. The molecule has 30 heavy (non-hydrogen) atoms. The number of carbonyl (C=O) groups is 2. The Labute approximate surface area is 185 Å². The van der Waals surface area contributed by atoms with Crippen molar-refractivity contribution in [2.45, 2.75) is 13.0 Å². The first-order valence-electron chi connectivity index (χ1n) is 9.25. The van der Waals surface area contributed by atoms with Crippen LogP contribution in [0.2, 0.25) is 0 Å². The SMILES string of the molecule is CCOC(=O)C1=C2CN(C)C(=O)CN2C(c2nccs2)=NC1c1ccc(F)cc1Br. The van der Waals surface area contributed by atoms with Crippen molar-refractivity contribution in [1.82, 2.24) is 14.8 Å². The van der Waals surface area contributed by atoms with E-state index in [1.807, 2.05) is 5.38 Å². The number of amides is 1. The third-order valence-electron chi connectivity index (χ3n) is 4.90. The number of amidine groups is 1. The van der Waals surface area contributed by atoms with Crippen molar-refractivity contribution in [1.29, 1.82) is 0 Å². The number of halogens is 2. The van der Waals surface area contributed by atoms with Gasteiger partial charge in [-0.15, -0.1) is 11.3 Å². The highest BCUT2D eigenvalue weighted by Gasteiger charge is 2.41. The maximum atomic E-state index is 13.7. The van der Waals surface area contributed by atoms with Crippen LogP contribution in [-0.4, -0.2) is 59.2 Å². The number of aliphatic imine (C=N–C) groups is 1. The molecule has 1 unspecified atom stereocenters. The van der Waals surface area contributed by atoms with Crippen LogP contribution >= 0.6 is 27.3 Å². The molecule has 2 aliphatic heterocycles. The van der Waals surface area contributed by atoms with Crippen molar-refractivity contribution in [3.8, 4) is 0 Å². The Morgan fingerprint density at radius 2 is 2.20 bits per heavy atom. The molecule has 1 fully saturated rings. The van der Waals surface area contributed by atoms with Crippen LogP contribution in [-0.2, 0) is 14.3 Å². The summed E-state index contributed by atoms with van der Waals surface area (Å²) in [6.07, 6.45) is 1.66. The summed E-state index contributed by atoms with van der Waals surface area (Å²) in [6, 6.07) is 3.53. The number of piperazine rings is 1. The highest BCUT2D eigenvalue weighted by molar-refractivity contribution is 9.10. The van der Waals surface area contributed by atoms with E-state index < -0.39 is 17.8 Å². The number of thiazole rings is 1. The monoisotopic (exact) mass is 492 g/mol. The standard InChI is InChI=1S/C20H18BrFN4O3S/c1-3-29-20(28)16-14-9-25(2)15(27)10-26(14)18(19-23-6-7-30-19)24-17(16)12-5-4-11(22)8-13(12)21/h4-8,17H,3,9-10H2,1-2H3. The zero-order chi connectivity index (χ0) is 21.4. The Bertz CT molecular complexity index is 1070. The zero-order valence-corrected chi connectivity index (χ0v) is 18.7. The van der Waals surface area contributed by atoms with Gasteiger partial charge in [0.2, 0.25) is 5.91 Å². The molecule has 1 atom stereocenters. The second-order valence-corrected chi connectivity index (χ2v) is 8.52. The lowest BCUT2D eigenvalue weighted by Gasteiger charge is -2.41. The fraction of sp³-hybridized carbons (Fsp3) is 0.300. The second-order valence-electron chi connectivity index (χ2n) is 6.78. The van der Waals surface area contributed by atoms with Crippen molar-refractivity contribution in [2.75, 3.05) is 26.7 Å². The average molecular weight is 493 g/mol. The number of benzene rings is 1. The molecule has 0 aliphatic carbocycles. The molecule has 156 valence electrons. The molecular formula is C20H18BrFN4O3S. The molecule has 4 rings (SSSR count). The minimum Gasteiger partial charge on any atom is -0.463 e. The van der Waals surface area contributed by atoms with E-state index in [2.05, 4.69) is 20.9 Å². The Hall–Kier alpha value is -2.59. The lowest BCUT2D eigenvalue weighted by molar-refractivity contribution is -0.139. The summed E-state index contributed by atoms with van der Waals surface area (Å²) in [7, 11) is 1.69. The van der Waals surface area contributed by atoms with Crippen LogP contribution in [0, 0.1) is 5.82 Å². The van der Waals surface area contributed by atoms with Crippen LogP contribution in [0.25, 0.3) is 0 Å². The molecule has 1 amide bonds. The lowest BCUT2D eigenvalue weighted by Crippen LogP contribution is -2.52. The fourth-order valence-electron chi connectivity index (χ4n) is 3.49. The van der Waals surface area contributed by atoms with Gasteiger partial charge in [-0.05, 0) is 24.6 Å². The summed E-state index contributed by atoms with van der Waals surface area (Å²) >= 11 is 4.79. The molecule has 0 bridgehead atoms. The summed E-state index contributed by atoms with van der Waals surface area (Å²) in [5.41, 5.74) is 1.60. The van der Waals surface area contributed by atoms with Gasteiger partial charge in [0.15, 0.2) is 10.8 Å². The average Bonchev–Trinajstić information content (AvgIpc) is 3.23. The van der Waals surface area contributed by atoms with Crippen LogP contribution in [0.4, 0.5) is 4.39 Å². The third-order valence-corrected chi connectivity index (χ3v) is 6.36. The lowest BCUT2D eigenvalue weighted by atomic mass is 9.93. The number of hydrogen-bond donors (Lipinski definition) is 0. The first-order valence-corrected chi connectivity index (χ1v) is 10.9. The van der Waals surface area contributed by atoms with Gasteiger partial charge in [-0.1, -0.05) is 22.0 Å². The van der Waals surface area contributed by atoms with Gasteiger partial charge in [-0.3, -0.25) is 9.79 Å². The van der Waals surface area contributed by atoms with E-state index in [9.17, 15) is 14.0 Å². The molecule has 7 nitrogen and oxygen atoms in total. The number of fused-ring (bicyclic) bond motifs is 1. The number of aromatic nitrogens is 1. The topological polar surface area (TPSA) is 75.1 Å². The van der Waals surface area contributed by atoms with Gasteiger partial charge in [-0.25, -0.2) is 14.2 Å². The van der Waals surface area contributed by atoms with E-state index in [-0.39, 0.29) is 25.6 Å². The molecule has 1 aromatic carbocycles. The Kier molecular flexibility index (Phi) is 5.70. The quantitative estimate of drug-likeness (QED) is 0.612. The third kappa shape index (κ3) is 3.65. The molecule has 1 aromatic heterocycles. The molecule has 0 spiro atoms. The van der Waals surface area contributed by atoms with E-state index in [1.54, 1.807) is 36.0 Å². The van der Waals surface area contributed by atoms with Gasteiger partial charge < -0.3 is 14.5 Å². The minimum absolute atomic E-state index is 0.0461. The number of ether oxygens (including phenoxy) is 1. The molecule has 10 heteroatoms. The second kappa shape index (κ2) is 8.27. The summed E-state index contributed by atoms with van der Waals surface area (Å²) in [5.74, 6) is -0.493. The normalized spacial score (nSPS) is 19.0. The predicted molar refractivity (Wildman–Crippen MR) is 113 cm³/mol. The zero-order valence-electron chi connectivity index (χ0n) is 16.3. The van der Waals surface area contributed by atoms with Gasteiger partial charge in [0.1, 0.15) is 18.4 Å². The molecule has 3 heterocycles. The summed E-state index contributed by atoms with van der Waals surface area (Å²) in [6.45, 7) is 2.20. The molecule has 2 aliphatic rings. The van der Waals surface area contributed by atoms with Crippen LogP contribution in [0.5, 0.6) is 0 Å². The Balaban J connectivity index is 1.94. The van der Waals surface area contributed by atoms with Crippen molar-refractivity contribution < 1.29 is 18.7 Å². The van der Waals surface area contributed by atoms with Crippen LogP contribution in [0.1, 0.15) is 23.5 Å². The molecule has 0 radical (unpaired) electrons. The number of esters is 1. The Morgan fingerprint density at radius 1 is 1.40 bits per heavy atom. The number of rotatable bonds is 4. The van der Waals surface area contributed by atoms with Crippen LogP contribution < -0.4 is 0 Å². The number of carbonyl (C=O) groups excluding carboxylic acids is 2. The molecule has 0 N–H and O–H groups in total. The highest BCUT2D eigenvalue weighted by atomic mass is 79.9. The van der Waals surface area contributed by atoms with Gasteiger partial charge in [-0.2, -0.15) is 0 Å². The van der Waals surface area contributed by atoms with Crippen molar-refractivity contribution in [3.63, 3.8) is 0 Å². The maximum absolute atomic E-state index is 13.7. The number of hydrogen-bond acceptors (Lipinski definition) is 7. The van der Waals surface area contributed by atoms with Crippen molar-refractivity contribution in [2.24, 2.45) is 4.99 Å². The van der Waals surface area contributed by atoms with Crippen LogP contribution in [0.15, 0.2) is 50.5 Å². The summed E-state index contributed by atoms with van der Waals surface area (Å²) in [4.78, 5) is 37.9. The summed E-state index contributed by atoms with van der Waals surface area (Å²) < 4.78 is 19.6. The maximum Gasteiger partial charge on any atom is 0.338 e. The van der Waals surface area contributed by atoms with Gasteiger partial charge in [0.05, 0.1) is 24.4 Å². The first-order chi connectivity index (χ1) is 14.4. The molecule has 0 saturated carbocycles. The molecule has 2 aromatic rings.